The molecule has 2 saturated carbocycles. The monoisotopic (exact) mass is 558 g/mol. The first kappa shape index (κ1) is 27.5. The van der Waals surface area contributed by atoms with Gasteiger partial charge in [-0.2, -0.15) is 0 Å². The van der Waals surface area contributed by atoms with Gasteiger partial charge < -0.3 is 0 Å². The van der Waals surface area contributed by atoms with Gasteiger partial charge in [-0.25, -0.2) is 0 Å². The Balaban J connectivity index is 0.000000180. The first-order valence-electron chi connectivity index (χ1n) is 13.8. The fourth-order valence-corrected chi connectivity index (χ4v) is 6.27. The Morgan fingerprint density at radius 2 is 1.05 bits per heavy atom. The standard InChI is InChI=1S/C20H22O.C14H17BrO/c1-15(21)20-12-9-17(14-20)13-16-7-10-19(11-8-16)18-5-3-2-4-6-18;1-10(16)13-5-2-12(9-13)8-11-3-6-14(15)7-4-11/h2-8,10-11,17,20H,9,12-14H2,1H3;3-4,6-7,12-13H,2,5,8-9H2,1H3/t17-,20+;12-,13+/m00/s1. The maximum atomic E-state index is 11.4. The van der Waals surface area contributed by atoms with Crippen molar-refractivity contribution in [1.82, 2.24) is 0 Å². The molecule has 0 amide bonds. The Hall–Kier alpha value is -2.52. The van der Waals surface area contributed by atoms with Crippen LogP contribution in [0.15, 0.2) is 83.3 Å². The van der Waals surface area contributed by atoms with Gasteiger partial charge in [0, 0.05) is 16.3 Å². The zero-order chi connectivity index (χ0) is 26.2. The van der Waals surface area contributed by atoms with E-state index in [1.165, 1.54) is 35.1 Å². The van der Waals surface area contributed by atoms with Gasteiger partial charge in [-0.1, -0.05) is 82.7 Å². The Kier molecular flexibility index (Phi) is 9.91. The van der Waals surface area contributed by atoms with Crippen molar-refractivity contribution in [3.8, 4) is 11.1 Å². The summed E-state index contributed by atoms with van der Waals surface area (Å²) in [6.07, 6.45) is 8.99. The van der Waals surface area contributed by atoms with Gasteiger partial charge in [0.15, 0.2) is 0 Å². The van der Waals surface area contributed by atoms with Crippen molar-refractivity contribution in [2.24, 2.45) is 23.7 Å². The van der Waals surface area contributed by atoms with E-state index in [2.05, 4.69) is 88.7 Å². The van der Waals surface area contributed by atoms with Crippen LogP contribution in [-0.4, -0.2) is 11.6 Å². The number of hydrogen-bond acceptors (Lipinski definition) is 2. The molecule has 0 aliphatic heterocycles. The summed E-state index contributed by atoms with van der Waals surface area (Å²) in [5, 5.41) is 0. The minimum absolute atomic E-state index is 0.318. The molecule has 0 bridgehead atoms. The predicted octanol–water partition coefficient (Wildman–Crippen LogP) is 8.90. The van der Waals surface area contributed by atoms with E-state index in [9.17, 15) is 9.59 Å². The lowest BCUT2D eigenvalue weighted by molar-refractivity contribution is -0.121. The van der Waals surface area contributed by atoms with Crippen LogP contribution >= 0.6 is 15.9 Å². The van der Waals surface area contributed by atoms with Crippen LogP contribution < -0.4 is 0 Å². The fraction of sp³-hybridized carbons (Fsp3) is 0.412. The van der Waals surface area contributed by atoms with Crippen molar-refractivity contribution in [1.29, 1.82) is 0 Å². The zero-order valence-electron chi connectivity index (χ0n) is 22.2. The van der Waals surface area contributed by atoms with Crippen LogP contribution in [0, 0.1) is 23.7 Å². The summed E-state index contributed by atoms with van der Waals surface area (Å²) in [6, 6.07) is 27.9. The molecule has 3 aromatic carbocycles. The topological polar surface area (TPSA) is 34.1 Å². The van der Waals surface area contributed by atoms with E-state index in [0.717, 1.165) is 43.0 Å². The molecule has 0 spiro atoms. The Bertz CT molecular complexity index is 1150. The average Bonchev–Trinajstić information content (AvgIpc) is 3.57. The van der Waals surface area contributed by atoms with Gasteiger partial charge >= 0.3 is 0 Å². The molecule has 3 aromatic rings. The molecule has 3 heteroatoms. The molecule has 0 unspecified atom stereocenters. The van der Waals surface area contributed by atoms with Gasteiger partial charge in [0.2, 0.25) is 0 Å². The number of carbonyl (C=O) groups is 2. The molecule has 4 atom stereocenters. The van der Waals surface area contributed by atoms with E-state index >= 15 is 0 Å². The minimum Gasteiger partial charge on any atom is -0.300 e. The summed E-state index contributed by atoms with van der Waals surface area (Å²) in [6.45, 7) is 3.47. The highest BCUT2D eigenvalue weighted by molar-refractivity contribution is 9.10. The highest BCUT2D eigenvalue weighted by atomic mass is 79.9. The molecule has 2 fully saturated rings. The lowest BCUT2D eigenvalue weighted by Gasteiger charge is -2.10. The lowest BCUT2D eigenvalue weighted by atomic mass is 9.94. The van der Waals surface area contributed by atoms with Crippen LogP contribution in [0.1, 0.15) is 63.5 Å². The number of rotatable bonds is 7. The molecule has 0 heterocycles. The summed E-state index contributed by atoms with van der Waals surface area (Å²) in [5.74, 6) is 2.78. The molecular weight excluding hydrogens is 520 g/mol. The predicted molar refractivity (Wildman–Crippen MR) is 156 cm³/mol. The first-order chi connectivity index (χ1) is 17.9. The Morgan fingerprint density at radius 3 is 1.49 bits per heavy atom. The Morgan fingerprint density at radius 1 is 0.622 bits per heavy atom. The highest BCUT2D eigenvalue weighted by Crippen LogP contribution is 2.35. The SMILES string of the molecule is CC(=O)[C@@H]1CC[C@@H](Cc2ccc(-c3ccccc3)cc2)C1.CC(=O)[C@@H]1CC[C@@H](Cc2ccc(Br)cc2)C1. The van der Waals surface area contributed by atoms with Gasteiger partial charge in [0.05, 0.1) is 0 Å². The van der Waals surface area contributed by atoms with Crippen LogP contribution in [0.5, 0.6) is 0 Å². The molecule has 0 N–H and O–H groups in total. The molecule has 0 aromatic heterocycles. The number of carbonyl (C=O) groups excluding carboxylic acids is 2. The Labute approximate surface area is 231 Å². The van der Waals surface area contributed by atoms with E-state index < -0.39 is 0 Å². The van der Waals surface area contributed by atoms with Gasteiger partial charge in [-0.05, 0) is 111 Å². The average molecular weight is 560 g/mol. The lowest BCUT2D eigenvalue weighted by Crippen LogP contribution is -2.07. The first-order valence-corrected chi connectivity index (χ1v) is 14.6. The van der Waals surface area contributed by atoms with Gasteiger partial charge in [0.1, 0.15) is 11.6 Å². The van der Waals surface area contributed by atoms with Crippen molar-refractivity contribution >= 4 is 27.5 Å². The number of halogens is 1. The van der Waals surface area contributed by atoms with E-state index in [-0.39, 0.29) is 0 Å². The second kappa shape index (κ2) is 13.3. The molecule has 37 heavy (non-hydrogen) atoms. The van der Waals surface area contributed by atoms with E-state index in [4.69, 9.17) is 0 Å². The third-order valence-electron chi connectivity index (χ3n) is 8.26. The summed E-state index contributed by atoms with van der Waals surface area (Å²) in [7, 11) is 0. The maximum Gasteiger partial charge on any atom is 0.132 e. The number of benzene rings is 3. The summed E-state index contributed by atoms with van der Waals surface area (Å²) >= 11 is 3.44. The van der Waals surface area contributed by atoms with Gasteiger partial charge in [-0.15, -0.1) is 0 Å². The van der Waals surface area contributed by atoms with Crippen molar-refractivity contribution in [3.63, 3.8) is 0 Å². The number of ketones is 2. The van der Waals surface area contributed by atoms with E-state index in [1.807, 2.05) is 6.07 Å². The van der Waals surface area contributed by atoms with E-state index in [1.54, 1.807) is 13.8 Å². The fourth-order valence-electron chi connectivity index (χ4n) is 6.01. The minimum atomic E-state index is 0.318. The van der Waals surface area contributed by atoms with Gasteiger partial charge in [0.25, 0.3) is 0 Å². The zero-order valence-corrected chi connectivity index (χ0v) is 23.8. The van der Waals surface area contributed by atoms with Gasteiger partial charge in [-0.3, -0.25) is 9.59 Å². The third kappa shape index (κ3) is 8.23. The molecule has 0 saturated heterocycles. The summed E-state index contributed by atoms with van der Waals surface area (Å²) in [5.41, 5.74) is 5.32. The van der Waals surface area contributed by atoms with Crippen molar-refractivity contribution in [3.05, 3.63) is 94.5 Å². The van der Waals surface area contributed by atoms with E-state index in [0.29, 0.717) is 35.2 Å². The smallest absolute Gasteiger partial charge is 0.132 e. The number of Topliss-reactive ketones (excluding diaryl/α,β-unsaturated/α-hetero) is 2. The largest absolute Gasteiger partial charge is 0.300 e. The third-order valence-corrected chi connectivity index (χ3v) is 8.78. The van der Waals surface area contributed by atoms with Crippen molar-refractivity contribution in [2.75, 3.05) is 0 Å². The van der Waals surface area contributed by atoms with Crippen LogP contribution in [-0.2, 0) is 22.4 Å². The van der Waals surface area contributed by atoms with Crippen molar-refractivity contribution < 1.29 is 9.59 Å². The van der Waals surface area contributed by atoms with Crippen LogP contribution in [0.4, 0.5) is 0 Å². The summed E-state index contributed by atoms with van der Waals surface area (Å²) < 4.78 is 1.13. The van der Waals surface area contributed by atoms with Crippen LogP contribution in [0.2, 0.25) is 0 Å². The molecule has 2 aliphatic rings. The van der Waals surface area contributed by atoms with Crippen molar-refractivity contribution in [2.45, 2.75) is 65.2 Å². The quantitative estimate of drug-likeness (QED) is 0.290. The molecule has 2 nitrogen and oxygen atoms in total. The molecular formula is C34H39BrO2. The number of hydrogen-bond donors (Lipinski definition) is 0. The van der Waals surface area contributed by atoms with Crippen LogP contribution in [0.3, 0.4) is 0 Å². The highest BCUT2D eigenvalue weighted by Gasteiger charge is 2.28. The molecule has 5 rings (SSSR count). The second-order valence-electron chi connectivity index (χ2n) is 11.1. The van der Waals surface area contributed by atoms with Crippen LogP contribution in [0.25, 0.3) is 11.1 Å². The normalized spacial score (nSPS) is 22.8. The second-order valence-corrected chi connectivity index (χ2v) is 12.0. The molecule has 2 aliphatic carbocycles. The summed E-state index contributed by atoms with van der Waals surface area (Å²) in [4.78, 5) is 22.7. The maximum absolute atomic E-state index is 11.4. The molecule has 194 valence electrons. The molecule has 0 radical (unpaired) electrons.